The van der Waals surface area contributed by atoms with Crippen LogP contribution in [0.3, 0.4) is 0 Å². The molecule has 0 nitrogen and oxygen atoms in total. The van der Waals surface area contributed by atoms with E-state index in [9.17, 15) is 0 Å². The van der Waals surface area contributed by atoms with Gasteiger partial charge in [0.2, 0.25) is 0 Å². The van der Waals surface area contributed by atoms with Crippen LogP contribution in [0.4, 0.5) is 0 Å². The van der Waals surface area contributed by atoms with Gasteiger partial charge in [-0.3, -0.25) is 0 Å². The van der Waals surface area contributed by atoms with E-state index in [2.05, 4.69) is 20.8 Å². The van der Waals surface area contributed by atoms with Gasteiger partial charge in [-0.25, -0.2) is 0 Å². The van der Waals surface area contributed by atoms with Crippen molar-refractivity contribution in [2.75, 3.05) is 5.08 Å². The Balaban J connectivity index is 3.15. The summed E-state index contributed by atoms with van der Waals surface area (Å²) in [5.41, 5.74) is 0. The van der Waals surface area contributed by atoms with Gasteiger partial charge in [0.15, 0.2) is 0 Å². The van der Waals surface area contributed by atoms with E-state index in [4.69, 9.17) is 12.6 Å². The predicted octanol–water partition coefficient (Wildman–Crippen LogP) is 2.67. The summed E-state index contributed by atoms with van der Waals surface area (Å²) in [6, 6.07) is 0. The second-order valence-corrected chi connectivity index (χ2v) is 4.83. The first-order chi connectivity index (χ1) is 3.06. The smallest absolute Gasteiger partial charge is 0.0501 e. The predicted molar refractivity (Wildman–Crippen MR) is 39.8 cm³/mol. The molecule has 1 radical (unpaired) electrons. The average Bonchev–Trinajstić information content (AvgIpc) is 1.30. The molecule has 0 aromatic rings. The Kier molecular flexibility index (Phi) is 3.16. The van der Waals surface area contributed by atoms with Crippen LogP contribution in [0.15, 0.2) is 0 Å². The molecule has 0 spiro atoms. The summed E-state index contributed by atoms with van der Waals surface area (Å²) < 4.78 is 0.363. The van der Waals surface area contributed by atoms with E-state index in [1.807, 2.05) is 0 Å². The summed E-state index contributed by atoms with van der Waals surface area (Å²) in [5.74, 6) is 0. The Hall–Kier alpha value is 0.700. The molecule has 0 amide bonds. The summed E-state index contributed by atoms with van der Waals surface area (Å²) in [7, 11) is 0. The van der Waals surface area contributed by atoms with Gasteiger partial charge in [-0.1, -0.05) is 33.4 Å². The zero-order valence-electron chi connectivity index (χ0n) is 5.02. The molecule has 0 saturated carbocycles. The number of hydrogen-bond donors (Lipinski definition) is 0. The maximum Gasteiger partial charge on any atom is 0.0501 e. The highest BCUT2D eigenvalue weighted by Crippen LogP contribution is 2.23. The van der Waals surface area contributed by atoms with E-state index in [1.54, 1.807) is 11.8 Å². The van der Waals surface area contributed by atoms with Gasteiger partial charge in [-0.15, -0.1) is 11.8 Å². The van der Waals surface area contributed by atoms with Crippen LogP contribution in [-0.2, 0) is 0 Å². The van der Waals surface area contributed by atoms with E-state index in [0.717, 1.165) is 5.08 Å². The molecule has 0 aliphatic carbocycles. The van der Waals surface area contributed by atoms with Crippen LogP contribution in [0.25, 0.3) is 0 Å². The van der Waals surface area contributed by atoms with Crippen molar-refractivity contribution < 1.29 is 0 Å². The summed E-state index contributed by atoms with van der Waals surface area (Å²) >= 11 is 6.57. The lowest BCUT2D eigenvalue weighted by Gasteiger charge is -2.14. The number of hydrogen-bond acceptors (Lipinski definition) is 1. The van der Waals surface area contributed by atoms with Gasteiger partial charge in [-0.05, 0) is 0 Å². The second-order valence-electron chi connectivity index (χ2n) is 2.37. The van der Waals surface area contributed by atoms with Gasteiger partial charge < -0.3 is 0 Å². The molecule has 2 heteroatoms. The largest absolute Gasteiger partial charge is 0.144 e. The third-order valence-electron chi connectivity index (χ3n) is 0.492. The third kappa shape index (κ3) is 6.70. The van der Waals surface area contributed by atoms with Crippen molar-refractivity contribution in [3.63, 3.8) is 0 Å². The summed E-state index contributed by atoms with van der Waals surface area (Å²) in [6.45, 7) is 6.51. The molecule has 0 saturated heterocycles. The van der Waals surface area contributed by atoms with Gasteiger partial charge in [0, 0.05) is 4.75 Å². The maximum atomic E-state index is 4.76. The SMILES string of the molecule is CC(C)(C)SC[S]. The van der Waals surface area contributed by atoms with Crippen LogP contribution in [0.2, 0.25) is 0 Å². The van der Waals surface area contributed by atoms with E-state index < -0.39 is 0 Å². The van der Waals surface area contributed by atoms with Crippen molar-refractivity contribution in [2.45, 2.75) is 25.5 Å². The van der Waals surface area contributed by atoms with Crippen molar-refractivity contribution in [1.29, 1.82) is 0 Å². The molecule has 0 rings (SSSR count). The molecule has 0 atom stereocenters. The van der Waals surface area contributed by atoms with Gasteiger partial charge in [0.25, 0.3) is 0 Å². The van der Waals surface area contributed by atoms with Crippen LogP contribution >= 0.6 is 24.4 Å². The fraction of sp³-hybridized carbons (Fsp3) is 1.00. The Morgan fingerprint density at radius 3 is 1.86 bits per heavy atom. The maximum absolute atomic E-state index is 4.76. The standard InChI is InChI=1S/C5H11S2/c1-5(2,3)7-4-6/h4H2,1-3H3. The highest BCUT2D eigenvalue weighted by atomic mass is 32.2. The third-order valence-corrected chi connectivity index (χ3v) is 1.83. The molecule has 0 aromatic heterocycles. The average molecular weight is 135 g/mol. The minimum atomic E-state index is 0.363. The van der Waals surface area contributed by atoms with Gasteiger partial charge in [-0.2, -0.15) is 0 Å². The summed E-state index contributed by atoms with van der Waals surface area (Å²) in [6.07, 6.45) is 0. The van der Waals surface area contributed by atoms with Gasteiger partial charge in [0.05, 0.1) is 5.08 Å². The van der Waals surface area contributed by atoms with Crippen LogP contribution in [0, 0.1) is 0 Å². The van der Waals surface area contributed by atoms with Crippen LogP contribution < -0.4 is 0 Å². The molecule has 0 bridgehead atoms. The molecule has 0 aliphatic rings. The van der Waals surface area contributed by atoms with Crippen LogP contribution in [0.5, 0.6) is 0 Å². The second kappa shape index (κ2) is 2.88. The first-order valence-corrected chi connectivity index (χ1v) is 3.84. The molecule has 43 valence electrons. The molecule has 0 aromatic carbocycles. The van der Waals surface area contributed by atoms with E-state index in [0.29, 0.717) is 4.75 Å². The molecule has 0 aliphatic heterocycles. The monoisotopic (exact) mass is 135 g/mol. The van der Waals surface area contributed by atoms with Crippen molar-refractivity contribution in [3.05, 3.63) is 0 Å². The van der Waals surface area contributed by atoms with Crippen LogP contribution in [0.1, 0.15) is 20.8 Å². The van der Waals surface area contributed by atoms with Gasteiger partial charge >= 0.3 is 0 Å². The normalized spacial score (nSPS) is 12.0. The van der Waals surface area contributed by atoms with E-state index in [1.165, 1.54) is 0 Å². The van der Waals surface area contributed by atoms with E-state index >= 15 is 0 Å². The number of rotatable bonds is 1. The Labute approximate surface area is 55.5 Å². The Morgan fingerprint density at radius 2 is 1.86 bits per heavy atom. The van der Waals surface area contributed by atoms with Crippen molar-refractivity contribution in [3.8, 4) is 0 Å². The van der Waals surface area contributed by atoms with Gasteiger partial charge in [0.1, 0.15) is 0 Å². The Bertz CT molecular complexity index is 44.5. The van der Waals surface area contributed by atoms with Crippen molar-refractivity contribution >= 4 is 24.4 Å². The first-order valence-electron chi connectivity index (χ1n) is 2.28. The topological polar surface area (TPSA) is 0 Å². The lowest BCUT2D eigenvalue weighted by molar-refractivity contribution is 0.806. The zero-order valence-corrected chi connectivity index (χ0v) is 6.66. The fourth-order valence-electron chi connectivity index (χ4n) is 0.177. The van der Waals surface area contributed by atoms with Crippen LogP contribution in [-0.4, -0.2) is 9.83 Å². The quantitative estimate of drug-likeness (QED) is 0.532. The lowest BCUT2D eigenvalue weighted by atomic mass is 10.3. The molecule has 7 heavy (non-hydrogen) atoms. The number of thioether (sulfide) groups is 1. The minimum absolute atomic E-state index is 0.363. The highest BCUT2D eigenvalue weighted by Gasteiger charge is 2.07. The molecule has 0 fully saturated rings. The fourth-order valence-corrected chi connectivity index (χ4v) is 1.59. The van der Waals surface area contributed by atoms with Crippen molar-refractivity contribution in [1.82, 2.24) is 0 Å². The lowest BCUT2D eigenvalue weighted by Crippen LogP contribution is -2.06. The molecule has 0 heterocycles. The molecule has 0 N–H and O–H groups in total. The summed E-state index contributed by atoms with van der Waals surface area (Å²) in [5, 5.41) is 0.809. The molecular weight excluding hydrogens is 124 g/mol. The zero-order chi connectivity index (χ0) is 5.91. The molecule has 0 unspecified atom stereocenters. The van der Waals surface area contributed by atoms with Crippen molar-refractivity contribution in [2.24, 2.45) is 0 Å². The molecular formula is C5H11S2. The highest BCUT2D eigenvalue weighted by molar-refractivity contribution is 8.10. The summed E-state index contributed by atoms with van der Waals surface area (Å²) in [4.78, 5) is 0. The Morgan fingerprint density at radius 1 is 1.43 bits per heavy atom. The van der Waals surface area contributed by atoms with E-state index in [-0.39, 0.29) is 0 Å². The minimum Gasteiger partial charge on any atom is -0.144 e. The first kappa shape index (κ1) is 7.70.